The molecule has 0 spiro atoms. The van der Waals surface area contributed by atoms with Crippen LogP contribution in [0.3, 0.4) is 0 Å². The van der Waals surface area contributed by atoms with Crippen molar-refractivity contribution in [2.45, 2.75) is 0 Å². The quantitative estimate of drug-likeness (QED) is 0.586. The third-order valence-corrected chi connectivity index (χ3v) is 2.99. The minimum atomic E-state index is -0.532. The van der Waals surface area contributed by atoms with Crippen molar-refractivity contribution in [3.05, 3.63) is 0 Å². The molecule has 76 valence electrons. The molecule has 3 aromatic heterocycles. The fourth-order valence-corrected chi connectivity index (χ4v) is 2.40. The minimum Gasteiger partial charge on any atom is -0.452 e. The molecule has 3 aromatic rings. The van der Waals surface area contributed by atoms with E-state index in [1.165, 1.54) is 11.7 Å². The molecule has 0 unspecified atom stereocenters. The van der Waals surface area contributed by atoms with Gasteiger partial charge >= 0.3 is 6.09 Å². The van der Waals surface area contributed by atoms with E-state index in [1.54, 1.807) is 0 Å². The van der Waals surface area contributed by atoms with Crippen LogP contribution in [0.1, 0.15) is 0 Å². The molecule has 0 amide bonds. The molecule has 0 aliphatic rings. The summed E-state index contributed by atoms with van der Waals surface area (Å²) in [5.41, 5.74) is 2.08. The number of aromatic nitrogens is 5. The van der Waals surface area contributed by atoms with Crippen LogP contribution in [0.4, 0.5) is 4.79 Å². The SMILES string of the molecule is COC(=O)n1c2nsnc2c2nsnc21. The molecule has 0 aliphatic carbocycles. The maximum Gasteiger partial charge on any atom is 0.421 e. The summed E-state index contributed by atoms with van der Waals surface area (Å²) in [6.45, 7) is 0. The van der Waals surface area contributed by atoms with Crippen LogP contribution in [0, 0.1) is 0 Å². The Kier molecular flexibility index (Phi) is 1.70. The third kappa shape index (κ3) is 1.01. The van der Waals surface area contributed by atoms with E-state index in [0.29, 0.717) is 22.3 Å². The van der Waals surface area contributed by atoms with E-state index < -0.39 is 6.09 Å². The first kappa shape index (κ1) is 8.68. The number of methoxy groups -OCH3 is 1. The van der Waals surface area contributed by atoms with Crippen LogP contribution in [-0.4, -0.2) is 35.3 Å². The highest BCUT2D eigenvalue weighted by molar-refractivity contribution is 7.01. The van der Waals surface area contributed by atoms with E-state index in [9.17, 15) is 4.79 Å². The molecular formula is C6H3N5O2S2. The fourth-order valence-electron chi connectivity index (χ4n) is 1.32. The predicted molar refractivity (Wildman–Crippen MR) is 54.2 cm³/mol. The van der Waals surface area contributed by atoms with Gasteiger partial charge in [0.2, 0.25) is 0 Å². The van der Waals surface area contributed by atoms with Gasteiger partial charge in [0.25, 0.3) is 0 Å². The van der Waals surface area contributed by atoms with Gasteiger partial charge in [-0.2, -0.15) is 17.5 Å². The lowest BCUT2D eigenvalue weighted by atomic mass is 10.5. The van der Waals surface area contributed by atoms with Gasteiger partial charge in [0.15, 0.2) is 22.3 Å². The molecule has 0 saturated heterocycles. The Hall–Kier alpha value is -1.61. The third-order valence-electron chi connectivity index (χ3n) is 1.95. The summed E-state index contributed by atoms with van der Waals surface area (Å²) in [5.74, 6) is 0. The minimum absolute atomic E-state index is 0.449. The number of rotatable bonds is 0. The summed E-state index contributed by atoms with van der Waals surface area (Å²) in [6, 6.07) is 0. The molecule has 0 N–H and O–H groups in total. The van der Waals surface area contributed by atoms with Crippen molar-refractivity contribution in [3.8, 4) is 0 Å². The Morgan fingerprint density at radius 1 is 1.13 bits per heavy atom. The van der Waals surface area contributed by atoms with Crippen molar-refractivity contribution in [3.63, 3.8) is 0 Å². The van der Waals surface area contributed by atoms with Gasteiger partial charge in [-0.3, -0.25) is 0 Å². The lowest BCUT2D eigenvalue weighted by Crippen LogP contribution is -2.11. The summed E-state index contributed by atoms with van der Waals surface area (Å²) in [4.78, 5) is 11.5. The average Bonchev–Trinajstić information content (AvgIpc) is 2.86. The molecule has 0 aromatic carbocycles. The number of hydrogen-bond donors (Lipinski definition) is 0. The molecule has 0 aliphatic heterocycles. The lowest BCUT2D eigenvalue weighted by molar-refractivity contribution is 0.175. The number of nitrogens with zero attached hydrogens (tertiary/aromatic N) is 5. The second-order valence-corrected chi connectivity index (χ2v) is 3.74. The van der Waals surface area contributed by atoms with E-state index in [0.717, 1.165) is 23.5 Å². The molecule has 0 atom stereocenters. The van der Waals surface area contributed by atoms with Crippen LogP contribution in [0.25, 0.3) is 22.3 Å². The zero-order chi connectivity index (χ0) is 10.4. The van der Waals surface area contributed by atoms with Gasteiger partial charge in [-0.05, 0) is 0 Å². The van der Waals surface area contributed by atoms with Gasteiger partial charge in [-0.15, -0.1) is 0 Å². The van der Waals surface area contributed by atoms with Crippen molar-refractivity contribution in [2.24, 2.45) is 0 Å². The summed E-state index contributed by atoms with van der Waals surface area (Å²) < 4.78 is 22.1. The highest BCUT2D eigenvalue weighted by Gasteiger charge is 2.22. The number of carbonyl (C=O) groups is 1. The molecule has 0 fully saturated rings. The first-order valence-corrected chi connectivity index (χ1v) is 5.32. The Morgan fingerprint density at radius 3 is 2.13 bits per heavy atom. The number of hydrogen-bond acceptors (Lipinski definition) is 8. The van der Waals surface area contributed by atoms with Crippen LogP contribution in [0.5, 0.6) is 0 Å². The molecule has 0 radical (unpaired) electrons. The van der Waals surface area contributed by atoms with Gasteiger partial charge in [-0.25, -0.2) is 9.36 Å². The van der Waals surface area contributed by atoms with Gasteiger partial charge in [0, 0.05) is 0 Å². The lowest BCUT2D eigenvalue weighted by Gasteiger charge is -1.97. The summed E-state index contributed by atoms with van der Waals surface area (Å²) in [5, 5.41) is 0. The Morgan fingerprint density at radius 2 is 1.67 bits per heavy atom. The summed E-state index contributed by atoms with van der Waals surface area (Å²) >= 11 is 2.06. The largest absolute Gasteiger partial charge is 0.452 e. The van der Waals surface area contributed by atoms with E-state index in [4.69, 9.17) is 0 Å². The second kappa shape index (κ2) is 2.94. The average molecular weight is 241 g/mol. The topological polar surface area (TPSA) is 82.8 Å². The molecule has 15 heavy (non-hydrogen) atoms. The highest BCUT2D eigenvalue weighted by atomic mass is 32.1. The van der Waals surface area contributed by atoms with Gasteiger partial charge in [0.05, 0.1) is 30.6 Å². The van der Waals surface area contributed by atoms with Crippen molar-refractivity contribution in [2.75, 3.05) is 7.11 Å². The molecule has 7 nitrogen and oxygen atoms in total. The van der Waals surface area contributed by atoms with Crippen LogP contribution in [-0.2, 0) is 4.74 Å². The molecule has 0 bridgehead atoms. The summed E-state index contributed by atoms with van der Waals surface area (Å²) in [7, 11) is 1.31. The Balaban J connectivity index is 2.51. The van der Waals surface area contributed by atoms with E-state index in [2.05, 4.69) is 22.2 Å². The molecule has 3 rings (SSSR count). The smallest absolute Gasteiger partial charge is 0.421 e. The highest BCUT2D eigenvalue weighted by Crippen LogP contribution is 2.25. The van der Waals surface area contributed by atoms with E-state index >= 15 is 0 Å². The first-order chi connectivity index (χ1) is 7.33. The molecule has 3 heterocycles. The predicted octanol–water partition coefficient (Wildman–Crippen LogP) is 1.11. The second-order valence-electron chi connectivity index (χ2n) is 2.68. The van der Waals surface area contributed by atoms with Crippen molar-refractivity contribution < 1.29 is 9.53 Å². The summed E-state index contributed by atoms with van der Waals surface area (Å²) in [6.07, 6.45) is -0.532. The Labute approximate surface area is 90.9 Å². The van der Waals surface area contributed by atoms with Crippen LogP contribution >= 0.6 is 23.5 Å². The molecule has 0 saturated carbocycles. The maximum atomic E-state index is 11.5. The van der Waals surface area contributed by atoms with Crippen LogP contribution < -0.4 is 0 Å². The van der Waals surface area contributed by atoms with E-state index in [1.807, 2.05) is 0 Å². The van der Waals surface area contributed by atoms with E-state index in [-0.39, 0.29) is 0 Å². The molecule has 9 heteroatoms. The number of fused-ring (bicyclic) bond motifs is 3. The zero-order valence-corrected chi connectivity index (χ0v) is 9.00. The van der Waals surface area contributed by atoms with Gasteiger partial charge < -0.3 is 4.74 Å². The number of carbonyl (C=O) groups excluding carboxylic acids is 1. The van der Waals surface area contributed by atoms with Crippen LogP contribution in [0.15, 0.2) is 0 Å². The normalized spacial score (nSPS) is 11.3. The van der Waals surface area contributed by atoms with Gasteiger partial charge in [-0.1, -0.05) is 0 Å². The maximum absolute atomic E-state index is 11.5. The Bertz CT molecular complexity index is 605. The fraction of sp³-hybridized carbons (Fsp3) is 0.167. The monoisotopic (exact) mass is 241 g/mol. The van der Waals surface area contributed by atoms with Crippen molar-refractivity contribution >= 4 is 51.9 Å². The van der Waals surface area contributed by atoms with Gasteiger partial charge in [0.1, 0.15) is 0 Å². The first-order valence-electron chi connectivity index (χ1n) is 3.86. The zero-order valence-electron chi connectivity index (χ0n) is 7.37. The standard InChI is InChI=1S/C6H3N5O2S2/c1-13-6(12)11-4-2(7-14-9-4)3-5(11)10-15-8-3/h1H3. The number of ether oxygens (including phenoxy) is 1. The van der Waals surface area contributed by atoms with Crippen molar-refractivity contribution in [1.29, 1.82) is 0 Å². The molecular weight excluding hydrogens is 238 g/mol. The van der Waals surface area contributed by atoms with Crippen molar-refractivity contribution in [1.82, 2.24) is 22.1 Å². The van der Waals surface area contributed by atoms with Crippen LogP contribution in [0.2, 0.25) is 0 Å².